The molecule has 24 heavy (non-hydrogen) atoms. The van der Waals surface area contributed by atoms with E-state index in [-0.39, 0.29) is 11.6 Å². The number of hydrogen-bond acceptors (Lipinski definition) is 3. The van der Waals surface area contributed by atoms with Crippen LogP contribution in [0.25, 0.3) is 0 Å². The Morgan fingerprint density at radius 3 is 2.50 bits per heavy atom. The number of aryl methyl sites for hydroxylation is 2. The number of allylic oxidation sites excluding steroid dienone is 2. The molecule has 0 fully saturated rings. The largest absolute Gasteiger partial charge is 0.545 e. The molecule has 3 unspecified atom stereocenters. The van der Waals surface area contributed by atoms with Crippen LogP contribution >= 0.6 is 0 Å². The molecule has 2 aromatic carbocycles. The van der Waals surface area contributed by atoms with Crippen LogP contribution < -0.4 is 10.4 Å². The molecule has 1 aliphatic carbocycles. The molecular weight excluding hydrogens is 298 g/mol. The number of benzene rings is 2. The molecule has 0 spiro atoms. The molecule has 0 saturated carbocycles. The van der Waals surface area contributed by atoms with E-state index in [1.807, 2.05) is 12.1 Å². The van der Waals surface area contributed by atoms with Crippen molar-refractivity contribution in [2.45, 2.75) is 32.2 Å². The summed E-state index contributed by atoms with van der Waals surface area (Å²) in [6, 6.07) is 11.7. The highest BCUT2D eigenvalue weighted by Crippen LogP contribution is 2.51. The van der Waals surface area contributed by atoms with Crippen LogP contribution in [-0.4, -0.2) is 5.97 Å². The highest BCUT2D eigenvalue weighted by Gasteiger charge is 2.39. The van der Waals surface area contributed by atoms with E-state index in [2.05, 4.69) is 43.4 Å². The van der Waals surface area contributed by atoms with Crippen molar-refractivity contribution in [2.24, 2.45) is 5.92 Å². The van der Waals surface area contributed by atoms with Gasteiger partial charge in [0.1, 0.15) is 0 Å². The Bertz CT molecular complexity index is 836. The summed E-state index contributed by atoms with van der Waals surface area (Å²) in [6.07, 6.45) is 5.65. The van der Waals surface area contributed by atoms with Gasteiger partial charge in [0.25, 0.3) is 0 Å². The number of anilines is 1. The van der Waals surface area contributed by atoms with Crippen molar-refractivity contribution in [3.63, 3.8) is 0 Å². The van der Waals surface area contributed by atoms with Crippen LogP contribution in [0.4, 0.5) is 5.69 Å². The molecule has 0 aromatic heterocycles. The molecule has 0 amide bonds. The van der Waals surface area contributed by atoms with Gasteiger partial charge in [-0.15, -0.1) is 0 Å². The zero-order chi connectivity index (χ0) is 16.8. The van der Waals surface area contributed by atoms with E-state index in [1.54, 1.807) is 12.1 Å². The van der Waals surface area contributed by atoms with Crippen LogP contribution in [0.5, 0.6) is 0 Å². The van der Waals surface area contributed by atoms with Gasteiger partial charge in [-0.1, -0.05) is 48.6 Å². The van der Waals surface area contributed by atoms with E-state index < -0.39 is 5.97 Å². The molecule has 0 radical (unpaired) electrons. The minimum atomic E-state index is -1.13. The lowest BCUT2D eigenvalue weighted by Crippen LogP contribution is -2.30. The predicted molar refractivity (Wildman–Crippen MR) is 93.0 cm³/mol. The fraction of sp³-hybridized carbons (Fsp3) is 0.286. The first-order chi connectivity index (χ1) is 11.6. The first-order valence-corrected chi connectivity index (χ1v) is 8.41. The quantitative estimate of drug-likeness (QED) is 0.862. The summed E-state index contributed by atoms with van der Waals surface area (Å²) >= 11 is 0. The Morgan fingerprint density at radius 1 is 1.08 bits per heavy atom. The van der Waals surface area contributed by atoms with Crippen molar-refractivity contribution in [3.8, 4) is 0 Å². The van der Waals surface area contributed by atoms with Crippen molar-refractivity contribution < 1.29 is 9.90 Å². The minimum Gasteiger partial charge on any atom is -0.545 e. The van der Waals surface area contributed by atoms with Crippen molar-refractivity contribution in [1.82, 2.24) is 0 Å². The SMILES string of the molecule is Cc1ccc(C)c2c1NC(c1ccc(C(=O)[O-])cc1)C1CC=CC21. The first-order valence-electron chi connectivity index (χ1n) is 8.41. The average Bonchev–Trinajstić information content (AvgIpc) is 3.07. The molecule has 1 heterocycles. The van der Waals surface area contributed by atoms with E-state index in [0.717, 1.165) is 12.0 Å². The standard InChI is InChI=1S/C21H21NO2/c1-12-6-7-13(2)19-18(12)16-4-3-5-17(16)20(22-19)14-8-10-15(11-9-14)21(23)24/h3-4,6-11,16-17,20,22H,5H2,1-2H3,(H,23,24)/p-1. The maximum atomic E-state index is 11.0. The Morgan fingerprint density at radius 2 is 1.79 bits per heavy atom. The number of aromatic carboxylic acids is 1. The van der Waals surface area contributed by atoms with Gasteiger partial charge in [-0.2, -0.15) is 0 Å². The highest BCUT2D eigenvalue weighted by molar-refractivity contribution is 5.85. The van der Waals surface area contributed by atoms with E-state index in [0.29, 0.717) is 11.8 Å². The maximum Gasteiger partial charge on any atom is 0.0715 e. The molecule has 0 saturated heterocycles. The van der Waals surface area contributed by atoms with Gasteiger partial charge in [0.15, 0.2) is 0 Å². The Kier molecular flexibility index (Phi) is 3.45. The number of carbonyl (C=O) groups excluding carboxylic acids is 1. The monoisotopic (exact) mass is 318 g/mol. The number of carboxylic acids is 1. The zero-order valence-electron chi connectivity index (χ0n) is 13.9. The molecule has 2 aliphatic rings. The molecule has 1 aliphatic heterocycles. The van der Waals surface area contributed by atoms with Crippen LogP contribution in [0, 0.1) is 19.8 Å². The third-order valence-corrected chi connectivity index (χ3v) is 5.45. The van der Waals surface area contributed by atoms with Crippen LogP contribution in [0.1, 0.15) is 51.0 Å². The second-order valence-corrected chi connectivity index (χ2v) is 6.87. The number of nitrogens with one attached hydrogen (secondary N) is 1. The molecule has 3 atom stereocenters. The van der Waals surface area contributed by atoms with Crippen molar-refractivity contribution >= 4 is 11.7 Å². The number of fused-ring (bicyclic) bond motifs is 3. The van der Waals surface area contributed by atoms with E-state index >= 15 is 0 Å². The average molecular weight is 318 g/mol. The lowest BCUT2D eigenvalue weighted by Gasteiger charge is -2.39. The summed E-state index contributed by atoms with van der Waals surface area (Å²) in [4.78, 5) is 11.0. The second kappa shape index (κ2) is 5.52. The topological polar surface area (TPSA) is 52.2 Å². The normalized spacial score (nSPS) is 24.2. The fourth-order valence-corrected chi connectivity index (χ4v) is 4.20. The fourth-order valence-electron chi connectivity index (χ4n) is 4.20. The Balaban J connectivity index is 1.78. The summed E-state index contributed by atoms with van der Waals surface area (Å²) in [5, 5.41) is 14.7. The van der Waals surface area contributed by atoms with E-state index in [4.69, 9.17) is 0 Å². The third kappa shape index (κ3) is 2.23. The molecular formula is C21H20NO2-. The highest BCUT2D eigenvalue weighted by atomic mass is 16.4. The van der Waals surface area contributed by atoms with Gasteiger partial charge in [-0.25, -0.2) is 0 Å². The van der Waals surface area contributed by atoms with Crippen molar-refractivity contribution in [1.29, 1.82) is 0 Å². The van der Waals surface area contributed by atoms with Crippen LogP contribution in [-0.2, 0) is 0 Å². The molecule has 3 nitrogen and oxygen atoms in total. The molecule has 4 rings (SSSR count). The summed E-state index contributed by atoms with van der Waals surface area (Å²) in [5.41, 5.74) is 6.59. The first kappa shape index (κ1) is 15.0. The predicted octanol–water partition coefficient (Wildman–Crippen LogP) is 3.49. The maximum absolute atomic E-state index is 11.0. The summed E-state index contributed by atoms with van der Waals surface area (Å²) in [6.45, 7) is 4.32. The van der Waals surface area contributed by atoms with Gasteiger partial charge in [0.2, 0.25) is 0 Å². The molecule has 122 valence electrons. The van der Waals surface area contributed by atoms with Gasteiger partial charge >= 0.3 is 0 Å². The Hall–Kier alpha value is -2.55. The number of carboxylic acid groups (broad SMARTS) is 1. The smallest absolute Gasteiger partial charge is 0.0715 e. The van der Waals surface area contributed by atoms with Gasteiger partial charge in [0.05, 0.1) is 12.0 Å². The van der Waals surface area contributed by atoms with Crippen LogP contribution in [0.15, 0.2) is 48.6 Å². The molecule has 1 N–H and O–H groups in total. The second-order valence-electron chi connectivity index (χ2n) is 6.87. The lowest BCUT2D eigenvalue weighted by atomic mass is 9.75. The van der Waals surface area contributed by atoms with Crippen molar-refractivity contribution in [3.05, 3.63) is 76.4 Å². The summed E-state index contributed by atoms with van der Waals surface area (Å²) in [5.74, 6) is -0.242. The zero-order valence-corrected chi connectivity index (χ0v) is 13.9. The molecule has 3 heteroatoms. The van der Waals surface area contributed by atoms with Crippen molar-refractivity contribution in [2.75, 3.05) is 5.32 Å². The van der Waals surface area contributed by atoms with Crippen LogP contribution in [0.3, 0.4) is 0 Å². The van der Waals surface area contributed by atoms with E-state index in [1.165, 1.54) is 22.4 Å². The molecule has 0 bridgehead atoms. The lowest BCUT2D eigenvalue weighted by molar-refractivity contribution is -0.255. The third-order valence-electron chi connectivity index (χ3n) is 5.45. The Labute approximate surface area is 142 Å². The van der Waals surface area contributed by atoms with Gasteiger partial charge in [-0.3, -0.25) is 0 Å². The number of rotatable bonds is 2. The van der Waals surface area contributed by atoms with Gasteiger partial charge in [-0.05, 0) is 54.0 Å². The number of carbonyl (C=O) groups is 1. The van der Waals surface area contributed by atoms with Gasteiger partial charge in [0, 0.05) is 11.6 Å². The van der Waals surface area contributed by atoms with Gasteiger partial charge < -0.3 is 15.2 Å². The number of hydrogen-bond donors (Lipinski definition) is 1. The van der Waals surface area contributed by atoms with Crippen LogP contribution in [0.2, 0.25) is 0 Å². The molecule has 2 aromatic rings. The summed E-state index contributed by atoms with van der Waals surface area (Å²) in [7, 11) is 0. The summed E-state index contributed by atoms with van der Waals surface area (Å²) < 4.78 is 0. The van der Waals surface area contributed by atoms with E-state index in [9.17, 15) is 9.90 Å². The minimum absolute atomic E-state index is 0.189.